The summed E-state index contributed by atoms with van der Waals surface area (Å²) < 4.78 is 5.82. The minimum atomic E-state index is 0.0774. The van der Waals surface area contributed by atoms with Crippen molar-refractivity contribution in [2.45, 2.75) is 52.9 Å². The summed E-state index contributed by atoms with van der Waals surface area (Å²) >= 11 is 0. The fraction of sp³-hybridized carbons (Fsp3) is 0.647. The van der Waals surface area contributed by atoms with E-state index in [1.54, 1.807) is 0 Å². The fourth-order valence-corrected chi connectivity index (χ4v) is 2.82. The molecule has 1 aromatic carbocycles. The molecule has 0 atom stereocenters. The summed E-state index contributed by atoms with van der Waals surface area (Å²) in [5, 5.41) is 8.85. The van der Waals surface area contributed by atoms with E-state index < -0.39 is 0 Å². The molecule has 0 aromatic heterocycles. The van der Waals surface area contributed by atoms with Gasteiger partial charge in [0, 0.05) is 13.0 Å². The molecular weight excluding hydrogens is 236 g/mol. The van der Waals surface area contributed by atoms with Crippen LogP contribution in [0.4, 0.5) is 0 Å². The first-order chi connectivity index (χ1) is 8.76. The minimum absolute atomic E-state index is 0.0774. The third-order valence-corrected chi connectivity index (χ3v) is 3.15. The number of rotatable bonds is 6. The number of aliphatic hydroxyl groups excluding tert-OH is 1. The molecular formula is C17H28O2. The third kappa shape index (κ3) is 5.23. The molecule has 19 heavy (non-hydrogen) atoms. The Hall–Kier alpha value is -1.02. The molecule has 2 heteroatoms. The van der Waals surface area contributed by atoms with Gasteiger partial charge in [-0.1, -0.05) is 52.8 Å². The van der Waals surface area contributed by atoms with Gasteiger partial charge in [0.25, 0.3) is 0 Å². The molecule has 0 saturated heterocycles. The lowest BCUT2D eigenvalue weighted by atomic mass is 9.72. The molecule has 0 radical (unpaired) electrons. The van der Waals surface area contributed by atoms with Crippen LogP contribution < -0.4 is 4.74 Å². The van der Waals surface area contributed by atoms with Crippen LogP contribution in [-0.2, 0) is 5.41 Å². The van der Waals surface area contributed by atoms with E-state index in [2.05, 4.69) is 46.8 Å². The summed E-state index contributed by atoms with van der Waals surface area (Å²) in [7, 11) is 0. The molecule has 0 unspecified atom stereocenters. The van der Waals surface area contributed by atoms with E-state index in [9.17, 15) is 0 Å². The van der Waals surface area contributed by atoms with Gasteiger partial charge in [-0.2, -0.15) is 0 Å². The predicted molar refractivity (Wildman–Crippen MR) is 80.7 cm³/mol. The smallest absolute Gasteiger partial charge is 0.123 e. The lowest BCUT2D eigenvalue weighted by Crippen LogP contribution is -2.25. The van der Waals surface area contributed by atoms with Crippen LogP contribution in [-0.4, -0.2) is 18.3 Å². The minimum Gasteiger partial charge on any atom is -0.493 e. The van der Waals surface area contributed by atoms with Crippen molar-refractivity contribution < 1.29 is 9.84 Å². The average Bonchev–Trinajstić information content (AvgIpc) is 2.27. The molecule has 0 aliphatic carbocycles. The van der Waals surface area contributed by atoms with Crippen molar-refractivity contribution in [1.29, 1.82) is 0 Å². The molecule has 1 N–H and O–H groups in total. The number of benzene rings is 1. The van der Waals surface area contributed by atoms with Crippen LogP contribution in [0.3, 0.4) is 0 Å². The number of para-hydroxylation sites is 1. The largest absolute Gasteiger partial charge is 0.493 e. The third-order valence-electron chi connectivity index (χ3n) is 3.15. The summed E-state index contributed by atoms with van der Waals surface area (Å²) in [6, 6.07) is 8.25. The monoisotopic (exact) mass is 264 g/mol. The van der Waals surface area contributed by atoms with Crippen LogP contribution in [0.2, 0.25) is 0 Å². The van der Waals surface area contributed by atoms with Gasteiger partial charge in [0.2, 0.25) is 0 Å². The second kappa shape index (κ2) is 6.42. The van der Waals surface area contributed by atoms with Crippen molar-refractivity contribution in [3.63, 3.8) is 0 Å². The van der Waals surface area contributed by atoms with Crippen molar-refractivity contribution in [1.82, 2.24) is 0 Å². The molecule has 108 valence electrons. The molecule has 0 bridgehead atoms. The summed E-state index contributed by atoms with van der Waals surface area (Å²) in [6.45, 7) is 12.1. The van der Waals surface area contributed by atoms with Crippen LogP contribution in [0.5, 0.6) is 5.75 Å². The van der Waals surface area contributed by atoms with Crippen molar-refractivity contribution in [2.75, 3.05) is 13.2 Å². The maximum atomic E-state index is 8.85. The SMILES string of the molecule is CC(C)(C)CC(C)(C)c1ccccc1OCCCO. The Bertz CT molecular complexity index is 388. The van der Waals surface area contributed by atoms with E-state index in [4.69, 9.17) is 9.84 Å². The normalized spacial score (nSPS) is 12.5. The molecule has 2 nitrogen and oxygen atoms in total. The lowest BCUT2D eigenvalue weighted by molar-refractivity contribution is 0.226. The second-order valence-corrected chi connectivity index (χ2v) is 7.04. The van der Waals surface area contributed by atoms with E-state index in [0.717, 1.165) is 12.2 Å². The molecule has 0 amide bonds. The van der Waals surface area contributed by atoms with Gasteiger partial charge < -0.3 is 9.84 Å². The zero-order valence-corrected chi connectivity index (χ0v) is 13.0. The van der Waals surface area contributed by atoms with Gasteiger partial charge in [0.15, 0.2) is 0 Å². The van der Waals surface area contributed by atoms with Crippen molar-refractivity contribution in [3.8, 4) is 5.75 Å². The highest BCUT2D eigenvalue weighted by atomic mass is 16.5. The molecule has 0 fully saturated rings. The zero-order chi connectivity index (χ0) is 14.5. The highest BCUT2D eigenvalue weighted by molar-refractivity contribution is 5.39. The molecule has 0 aliphatic rings. The average molecular weight is 264 g/mol. The fourth-order valence-electron chi connectivity index (χ4n) is 2.82. The van der Waals surface area contributed by atoms with Gasteiger partial charge in [-0.05, 0) is 28.9 Å². The molecule has 0 aliphatic heterocycles. The molecule has 0 spiro atoms. The Labute approximate surface area is 117 Å². The number of aliphatic hydroxyl groups is 1. The Morgan fingerprint density at radius 1 is 1.05 bits per heavy atom. The van der Waals surface area contributed by atoms with E-state index in [-0.39, 0.29) is 17.4 Å². The van der Waals surface area contributed by atoms with E-state index >= 15 is 0 Å². The van der Waals surface area contributed by atoms with Crippen LogP contribution >= 0.6 is 0 Å². The maximum Gasteiger partial charge on any atom is 0.123 e. The number of ether oxygens (including phenoxy) is 1. The van der Waals surface area contributed by atoms with E-state index in [1.165, 1.54) is 5.56 Å². The van der Waals surface area contributed by atoms with Gasteiger partial charge in [-0.3, -0.25) is 0 Å². The molecule has 0 heterocycles. The lowest BCUT2D eigenvalue weighted by Gasteiger charge is -2.34. The second-order valence-electron chi connectivity index (χ2n) is 7.04. The van der Waals surface area contributed by atoms with Gasteiger partial charge in [-0.25, -0.2) is 0 Å². The first kappa shape index (κ1) is 16.0. The van der Waals surface area contributed by atoms with Gasteiger partial charge in [0.1, 0.15) is 5.75 Å². The predicted octanol–water partition coefficient (Wildman–Crippen LogP) is 4.16. The number of hydrogen-bond donors (Lipinski definition) is 1. The highest BCUT2D eigenvalue weighted by Gasteiger charge is 2.29. The van der Waals surface area contributed by atoms with E-state index in [1.807, 2.05) is 12.1 Å². The van der Waals surface area contributed by atoms with Crippen LogP contribution in [0.25, 0.3) is 0 Å². The zero-order valence-electron chi connectivity index (χ0n) is 13.0. The standard InChI is InChI=1S/C17H28O2/c1-16(2,3)13-17(4,5)14-9-6-7-10-15(14)19-12-8-11-18/h6-7,9-10,18H,8,11-13H2,1-5H3. The van der Waals surface area contributed by atoms with Crippen molar-refractivity contribution >= 4 is 0 Å². The molecule has 0 saturated carbocycles. The summed E-state index contributed by atoms with van der Waals surface area (Å²) in [4.78, 5) is 0. The van der Waals surface area contributed by atoms with Crippen LogP contribution in [0, 0.1) is 5.41 Å². The number of hydrogen-bond acceptors (Lipinski definition) is 2. The Kier molecular flexibility index (Phi) is 5.42. The van der Waals surface area contributed by atoms with Crippen molar-refractivity contribution in [2.24, 2.45) is 5.41 Å². The van der Waals surface area contributed by atoms with Gasteiger partial charge in [-0.15, -0.1) is 0 Å². The molecule has 1 aromatic rings. The Morgan fingerprint density at radius 3 is 2.26 bits per heavy atom. The van der Waals surface area contributed by atoms with Crippen LogP contribution in [0.1, 0.15) is 53.0 Å². The maximum absolute atomic E-state index is 8.85. The first-order valence-electron chi connectivity index (χ1n) is 7.09. The summed E-state index contributed by atoms with van der Waals surface area (Å²) in [5.41, 5.74) is 1.61. The van der Waals surface area contributed by atoms with Crippen molar-refractivity contribution in [3.05, 3.63) is 29.8 Å². The molecule has 1 rings (SSSR count). The quantitative estimate of drug-likeness (QED) is 0.782. The summed E-state index contributed by atoms with van der Waals surface area (Å²) in [5.74, 6) is 0.949. The first-order valence-corrected chi connectivity index (χ1v) is 7.09. The van der Waals surface area contributed by atoms with E-state index in [0.29, 0.717) is 13.0 Å². The van der Waals surface area contributed by atoms with Crippen LogP contribution in [0.15, 0.2) is 24.3 Å². The highest BCUT2D eigenvalue weighted by Crippen LogP contribution is 2.40. The summed E-state index contributed by atoms with van der Waals surface area (Å²) in [6.07, 6.45) is 1.77. The van der Waals surface area contributed by atoms with Gasteiger partial charge in [0.05, 0.1) is 6.61 Å². The van der Waals surface area contributed by atoms with Gasteiger partial charge >= 0.3 is 0 Å². The Morgan fingerprint density at radius 2 is 1.68 bits per heavy atom. The topological polar surface area (TPSA) is 29.5 Å². The Balaban J connectivity index is 2.92.